The lowest BCUT2D eigenvalue weighted by molar-refractivity contribution is 0.0102. The van der Waals surface area contributed by atoms with E-state index >= 15 is 0 Å². The van der Waals surface area contributed by atoms with Gasteiger partial charge in [-0.05, 0) is 90.8 Å². The molecular weight excluding hydrogens is 566 g/mol. The summed E-state index contributed by atoms with van der Waals surface area (Å²) in [6.07, 6.45) is -0.497. The molecule has 2 aromatic rings. The highest BCUT2D eigenvalue weighted by Gasteiger charge is 2.29. The predicted octanol–water partition coefficient (Wildman–Crippen LogP) is 6.88. The first-order valence-corrected chi connectivity index (χ1v) is 15.5. The van der Waals surface area contributed by atoms with E-state index in [4.69, 9.17) is 9.47 Å². The van der Waals surface area contributed by atoms with Crippen LogP contribution < -0.4 is 0 Å². The molecule has 2 atom stereocenters. The summed E-state index contributed by atoms with van der Waals surface area (Å²) in [5.41, 5.74) is 1.25. The van der Waals surface area contributed by atoms with Crippen molar-refractivity contribution in [2.24, 2.45) is 0 Å². The second kappa shape index (κ2) is 15.2. The van der Waals surface area contributed by atoms with Crippen molar-refractivity contribution in [1.82, 2.24) is 19.6 Å². The van der Waals surface area contributed by atoms with Crippen LogP contribution in [0.2, 0.25) is 0 Å². The predicted molar refractivity (Wildman–Crippen MR) is 168 cm³/mol. The van der Waals surface area contributed by atoms with Crippen LogP contribution in [-0.4, -0.2) is 95.3 Å². The summed E-state index contributed by atoms with van der Waals surface area (Å²) < 4.78 is 36.8. The Balaban J connectivity index is 0.000000240. The van der Waals surface area contributed by atoms with Crippen molar-refractivity contribution in [3.63, 3.8) is 0 Å². The molecule has 2 aromatic carbocycles. The van der Waals surface area contributed by atoms with Crippen molar-refractivity contribution in [2.45, 2.75) is 78.7 Å². The Morgan fingerprint density at radius 1 is 0.568 bits per heavy atom. The van der Waals surface area contributed by atoms with Crippen LogP contribution in [0.1, 0.15) is 78.6 Å². The van der Waals surface area contributed by atoms with Gasteiger partial charge in [-0.2, -0.15) is 0 Å². The van der Waals surface area contributed by atoms with E-state index in [1.54, 1.807) is 9.80 Å². The Morgan fingerprint density at radius 2 is 0.841 bits per heavy atom. The molecule has 244 valence electrons. The van der Waals surface area contributed by atoms with Crippen LogP contribution in [0.15, 0.2) is 48.5 Å². The average Bonchev–Trinajstić information content (AvgIpc) is 2.96. The van der Waals surface area contributed by atoms with Crippen LogP contribution in [0.4, 0.5) is 18.4 Å². The fourth-order valence-electron chi connectivity index (χ4n) is 5.14. The van der Waals surface area contributed by atoms with E-state index in [9.17, 15) is 18.4 Å². The van der Waals surface area contributed by atoms with Gasteiger partial charge in [-0.1, -0.05) is 24.3 Å². The summed E-state index contributed by atoms with van der Waals surface area (Å²) in [7, 11) is 0. The molecule has 44 heavy (non-hydrogen) atoms. The second-order valence-corrected chi connectivity index (χ2v) is 13.5. The van der Waals surface area contributed by atoms with Gasteiger partial charge in [0.25, 0.3) is 0 Å². The maximum Gasteiger partial charge on any atom is 0.410 e. The van der Waals surface area contributed by atoms with Crippen molar-refractivity contribution in [3.05, 3.63) is 71.3 Å². The summed E-state index contributed by atoms with van der Waals surface area (Å²) >= 11 is 0. The van der Waals surface area contributed by atoms with Crippen LogP contribution in [-0.2, 0) is 9.47 Å². The Kier molecular flexibility index (Phi) is 12.1. The number of halogens is 2. The van der Waals surface area contributed by atoms with E-state index in [1.165, 1.54) is 24.3 Å². The van der Waals surface area contributed by atoms with Gasteiger partial charge in [0, 0.05) is 64.4 Å². The van der Waals surface area contributed by atoms with Crippen molar-refractivity contribution in [3.8, 4) is 0 Å². The third kappa shape index (κ3) is 11.0. The van der Waals surface area contributed by atoms with E-state index in [2.05, 4.69) is 23.6 Å². The van der Waals surface area contributed by atoms with Gasteiger partial charge in [-0.3, -0.25) is 9.80 Å². The Bertz CT molecular complexity index is 1100. The topological polar surface area (TPSA) is 65.6 Å². The van der Waals surface area contributed by atoms with Gasteiger partial charge in [-0.15, -0.1) is 0 Å². The number of benzene rings is 2. The maximum absolute atomic E-state index is 13.0. The summed E-state index contributed by atoms with van der Waals surface area (Å²) in [4.78, 5) is 32.2. The molecule has 0 aliphatic carbocycles. The van der Waals surface area contributed by atoms with Crippen molar-refractivity contribution in [1.29, 1.82) is 0 Å². The first-order valence-electron chi connectivity index (χ1n) is 15.5. The van der Waals surface area contributed by atoms with Crippen LogP contribution >= 0.6 is 0 Å². The van der Waals surface area contributed by atoms with Gasteiger partial charge in [0.05, 0.1) is 0 Å². The normalized spacial score (nSPS) is 18.1. The summed E-state index contributed by atoms with van der Waals surface area (Å²) in [6, 6.07) is 13.7. The summed E-state index contributed by atoms with van der Waals surface area (Å²) in [5.74, 6) is -0.434. The standard InChI is InChI=1S/2C17H25FN2O2/c2*1-13(14-5-7-15(18)8-6-14)19-9-11-20(12-10-19)16(21)22-17(2,3)4/h2*5-8,13H,9-12H2,1-4H3/t2*13-/m10/s1. The van der Waals surface area contributed by atoms with Crippen LogP contribution in [0.5, 0.6) is 0 Å². The highest BCUT2D eigenvalue weighted by molar-refractivity contribution is 5.68. The quantitative estimate of drug-likeness (QED) is 0.373. The molecule has 4 rings (SSSR count). The van der Waals surface area contributed by atoms with Crippen molar-refractivity contribution >= 4 is 12.2 Å². The monoisotopic (exact) mass is 616 g/mol. The van der Waals surface area contributed by atoms with Gasteiger partial charge < -0.3 is 19.3 Å². The van der Waals surface area contributed by atoms with Crippen molar-refractivity contribution < 1.29 is 27.8 Å². The molecule has 2 fully saturated rings. The van der Waals surface area contributed by atoms with E-state index in [0.717, 1.165) is 37.3 Å². The fourth-order valence-corrected chi connectivity index (χ4v) is 5.14. The molecular formula is C34H50F2N4O4. The van der Waals surface area contributed by atoms with Crippen LogP contribution in [0.25, 0.3) is 0 Å². The molecule has 0 bridgehead atoms. The lowest BCUT2D eigenvalue weighted by atomic mass is 10.1. The summed E-state index contributed by atoms with van der Waals surface area (Å²) in [6.45, 7) is 21.2. The minimum Gasteiger partial charge on any atom is -0.444 e. The van der Waals surface area contributed by atoms with Gasteiger partial charge in [0.2, 0.25) is 0 Å². The first kappa shape index (κ1) is 35.2. The fraction of sp³-hybridized carbons (Fsp3) is 0.588. The third-order valence-electron chi connectivity index (χ3n) is 7.73. The Labute approximate surface area is 261 Å². The number of carbonyl (C=O) groups excluding carboxylic acids is 2. The number of hydrogen-bond donors (Lipinski definition) is 0. The highest BCUT2D eigenvalue weighted by Crippen LogP contribution is 2.24. The number of nitrogens with zero attached hydrogens (tertiary/aromatic N) is 4. The molecule has 0 saturated carbocycles. The van der Waals surface area contributed by atoms with E-state index in [1.807, 2.05) is 65.8 Å². The lowest BCUT2D eigenvalue weighted by Gasteiger charge is -2.38. The molecule has 10 heteroatoms. The lowest BCUT2D eigenvalue weighted by Crippen LogP contribution is -2.50. The zero-order valence-electron chi connectivity index (χ0n) is 27.6. The summed E-state index contributed by atoms with van der Waals surface area (Å²) in [5, 5.41) is 0. The number of hydrogen-bond acceptors (Lipinski definition) is 6. The number of amides is 2. The molecule has 2 heterocycles. The molecule has 2 aliphatic rings. The first-order chi connectivity index (χ1) is 20.5. The Morgan fingerprint density at radius 3 is 1.09 bits per heavy atom. The van der Waals surface area contributed by atoms with E-state index in [-0.39, 0.29) is 35.9 Å². The van der Waals surface area contributed by atoms with E-state index < -0.39 is 11.2 Å². The molecule has 0 unspecified atom stereocenters. The van der Waals surface area contributed by atoms with Gasteiger partial charge in [0.1, 0.15) is 22.8 Å². The average molecular weight is 617 g/mol. The maximum atomic E-state index is 13.0. The largest absolute Gasteiger partial charge is 0.444 e. The zero-order valence-corrected chi connectivity index (χ0v) is 27.6. The molecule has 0 spiro atoms. The molecule has 0 N–H and O–H groups in total. The molecule has 2 saturated heterocycles. The minimum atomic E-state index is -0.463. The number of carbonyl (C=O) groups is 2. The van der Waals surface area contributed by atoms with E-state index in [0.29, 0.717) is 26.2 Å². The van der Waals surface area contributed by atoms with Crippen LogP contribution in [0.3, 0.4) is 0 Å². The molecule has 2 amide bonds. The smallest absolute Gasteiger partial charge is 0.410 e. The second-order valence-electron chi connectivity index (χ2n) is 13.5. The minimum absolute atomic E-state index is 0.210. The zero-order chi connectivity index (χ0) is 32.7. The molecule has 0 radical (unpaired) electrons. The molecule has 2 aliphatic heterocycles. The van der Waals surface area contributed by atoms with Gasteiger partial charge >= 0.3 is 12.2 Å². The SMILES string of the molecule is C[C@@H](c1ccc(F)cc1)N1CCN(C(=O)OC(C)(C)C)CC1.C[C@H](c1ccc(F)cc1)N1CCN(C(=O)OC(C)(C)C)CC1. The highest BCUT2D eigenvalue weighted by atomic mass is 19.1. The van der Waals surface area contributed by atoms with Gasteiger partial charge in [0.15, 0.2) is 0 Å². The van der Waals surface area contributed by atoms with Gasteiger partial charge in [-0.25, -0.2) is 18.4 Å². The van der Waals surface area contributed by atoms with Crippen molar-refractivity contribution in [2.75, 3.05) is 52.4 Å². The number of ether oxygens (including phenoxy) is 2. The van der Waals surface area contributed by atoms with Crippen LogP contribution in [0, 0.1) is 11.6 Å². The number of piperazine rings is 2. The molecule has 0 aromatic heterocycles. The molecule has 8 nitrogen and oxygen atoms in total. The third-order valence-corrected chi connectivity index (χ3v) is 7.73. The Hall–Kier alpha value is -3.24. The number of rotatable bonds is 4.